The van der Waals surface area contributed by atoms with Crippen LogP contribution in [0.2, 0.25) is 0 Å². The molecule has 0 amide bonds. The van der Waals surface area contributed by atoms with Crippen molar-refractivity contribution in [1.82, 2.24) is 5.32 Å². The molecule has 0 spiro atoms. The highest BCUT2D eigenvalue weighted by atomic mass is 16.3. The van der Waals surface area contributed by atoms with Crippen LogP contribution in [0.4, 0.5) is 0 Å². The molecule has 0 aliphatic heterocycles. The first-order valence-electron chi connectivity index (χ1n) is 2.20. The maximum atomic E-state index is 10.1. The van der Waals surface area contributed by atoms with Crippen molar-refractivity contribution < 1.29 is 5.11 Å². The lowest BCUT2D eigenvalue weighted by Gasteiger charge is -2.06. The third-order valence-corrected chi connectivity index (χ3v) is 0.516. The zero-order valence-corrected chi connectivity index (χ0v) is 4.56. The van der Waals surface area contributed by atoms with E-state index in [4.69, 9.17) is 0 Å². The molecule has 0 aromatic rings. The van der Waals surface area contributed by atoms with E-state index in [0.29, 0.717) is 6.54 Å². The largest absolute Gasteiger partial charge is 0.846 e. The molecule has 0 rings (SSSR count). The van der Waals surface area contributed by atoms with Crippen LogP contribution >= 0.6 is 0 Å². The highest BCUT2D eigenvalue weighted by Gasteiger charge is 1.66. The Labute approximate surface area is 43.1 Å². The van der Waals surface area contributed by atoms with Gasteiger partial charge in [-0.25, -0.2) is 0 Å². The van der Waals surface area contributed by atoms with Crippen molar-refractivity contribution in [3.8, 4) is 0 Å². The van der Waals surface area contributed by atoms with Crippen molar-refractivity contribution >= 4 is 6.02 Å². The second kappa shape index (κ2) is 3.46. The quantitative estimate of drug-likeness (QED) is 0.338. The highest BCUT2D eigenvalue weighted by Crippen LogP contribution is 1.60. The van der Waals surface area contributed by atoms with Crippen molar-refractivity contribution in [1.29, 1.82) is 0 Å². The Balaban J connectivity index is 3.29. The molecule has 7 heavy (non-hydrogen) atoms. The summed E-state index contributed by atoms with van der Waals surface area (Å²) in [6, 6.07) is -0.248. The van der Waals surface area contributed by atoms with Gasteiger partial charge < -0.3 is 10.4 Å². The number of aliphatic imine (C=N–C) groups is 1. The van der Waals surface area contributed by atoms with Gasteiger partial charge in [-0.2, -0.15) is 0 Å². The molecule has 42 valence electrons. The summed E-state index contributed by atoms with van der Waals surface area (Å²) in [6.07, 6.45) is 0. The van der Waals surface area contributed by atoms with E-state index in [0.717, 1.165) is 0 Å². The van der Waals surface area contributed by atoms with Gasteiger partial charge in [-0.05, 0) is 6.92 Å². The van der Waals surface area contributed by atoms with Crippen LogP contribution in [0.1, 0.15) is 6.92 Å². The zero-order valence-electron chi connectivity index (χ0n) is 4.56. The Bertz CT molecular complexity index is 70.1. The molecular weight excluding hydrogens is 92.1 g/mol. The van der Waals surface area contributed by atoms with E-state index in [9.17, 15) is 5.11 Å². The zero-order chi connectivity index (χ0) is 5.70. The van der Waals surface area contributed by atoms with Gasteiger partial charge in [0.1, 0.15) is 0 Å². The molecule has 0 unspecified atom stereocenters. The van der Waals surface area contributed by atoms with Gasteiger partial charge in [-0.3, -0.25) is 4.99 Å². The molecule has 0 aliphatic carbocycles. The Morgan fingerprint density at radius 3 is 2.57 bits per heavy atom. The summed E-state index contributed by atoms with van der Waals surface area (Å²) in [7, 11) is 1.56. The highest BCUT2D eigenvalue weighted by molar-refractivity contribution is 5.68. The van der Waals surface area contributed by atoms with Gasteiger partial charge in [0.05, 0.1) is 0 Å². The summed E-state index contributed by atoms with van der Waals surface area (Å²) in [4.78, 5) is 3.49. The molecule has 0 heterocycles. The number of amidine groups is 1. The number of nitrogens with zero attached hydrogens (tertiary/aromatic N) is 1. The molecule has 1 N–H and O–H groups in total. The summed E-state index contributed by atoms with van der Waals surface area (Å²) in [5.41, 5.74) is 0. The Morgan fingerprint density at radius 2 is 2.43 bits per heavy atom. The first-order valence-corrected chi connectivity index (χ1v) is 2.20. The SMILES string of the molecule is CCN=C([O-])NC. The Morgan fingerprint density at radius 1 is 1.86 bits per heavy atom. The summed E-state index contributed by atoms with van der Waals surface area (Å²) in [5.74, 6) is 0. The summed E-state index contributed by atoms with van der Waals surface area (Å²) in [5, 5.41) is 12.5. The van der Waals surface area contributed by atoms with Crippen LogP contribution in [0.15, 0.2) is 4.99 Å². The normalized spacial score (nSPS) is 11.4. The van der Waals surface area contributed by atoms with E-state index in [1.54, 1.807) is 7.05 Å². The molecule has 0 bridgehead atoms. The molecule has 0 aliphatic rings. The molecule has 3 nitrogen and oxygen atoms in total. The minimum absolute atomic E-state index is 0.248. The molecule has 0 radical (unpaired) electrons. The van der Waals surface area contributed by atoms with E-state index in [2.05, 4.69) is 10.3 Å². The third-order valence-electron chi connectivity index (χ3n) is 0.516. The van der Waals surface area contributed by atoms with Crippen LogP contribution in [0.5, 0.6) is 0 Å². The van der Waals surface area contributed by atoms with Gasteiger partial charge >= 0.3 is 0 Å². The van der Waals surface area contributed by atoms with Gasteiger partial charge in [0.2, 0.25) is 0 Å². The van der Waals surface area contributed by atoms with Crippen molar-refractivity contribution in [3.05, 3.63) is 0 Å². The van der Waals surface area contributed by atoms with Crippen LogP contribution in [0.25, 0.3) is 0 Å². The summed E-state index contributed by atoms with van der Waals surface area (Å²) < 4.78 is 0. The van der Waals surface area contributed by atoms with E-state index < -0.39 is 0 Å². The van der Waals surface area contributed by atoms with E-state index in [1.165, 1.54) is 0 Å². The smallest absolute Gasteiger partial charge is 0.0469 e. The molecule has 0 atom stereocenters. The molecule has 0 aromatic heterocycles. The third kappa shape index (κ3) is 3.09. The second-order valence-electron chi connectivity index (χ2n) is 1.03. The maximum absolute atomic E-state index is 10.1. The number of hydrogen-bond donors (Lipinski definition) is 1. The number of hydrogen-bond acceptors (Lipinski definition) is 2. The maximum Gasteiger partial charge on any atom is 0.0469 e. The van der Waals surface area contributed by atoms with E-state index in [-0.39, 0.29) is 6.02 Å². The minimum atomic E-state index is -0.248. The minimum Gasteiger partial charge on any atom is -0.846 e. The molecule has 0 aromatic carbocycles. The van der Waals surface area contributed by atoms with Gasteiger partial charge in [0, 0.05) is 19.6 Å². The fourth-order valence-electron chi connectivity index (χ4n) is 0.223. The summed E-state index contributed by atoms with van der Waals surface area (Å²) >= 11 is 0. The van der Waals surface area contributed by atoms with Gasteiger partial charge in [0.15, 0.2) is 0 Å². The van der Waals surface area contributed by atoms with Gasteiger partial charge in [0.25, 0.3) is 0 Å². The lowest BCUT2D eigenvalue weighted by Crippen LogP contribution is -2.31. The van der Waals surface area contributed by atoms with Crippen LogP contribution in [-0.2, 0) is 0 Å². The van der Waals surface area contributed by atoms with Crippen LogP contribution in [0, 0.1) is 0 Å². The van der Waals surface area contributed by atoms with Crippen LogP contribution in [0.3, 0.4) is 0 Å². The lowest BCUT2D eigenvalue weighted by molar-refractivity contribution is -0.221. The van der Waals surface area contributed by atoms with Crippen molar-refractivity contribution in [2.24, 2.45) is 4.99 Å². The van der Waals surface area contributed by atoms with Crippen LogP contribution < -0.4 is 10.4 Å². The monoisotopic (exact) mass is 101 g/mol. The Kier molecular flexibility index (Phi) is 3.10. The fraction of sp³-hybridized carbons (Fsp3) is 0.750. The second-order valence-corrected chi connectivity index (χ2v) is 1.03. The first-order chi connectivity index (χ1) is 3.31. The molecular formula is C4H9N2O-. The first kappa shape index (κ1) is 6.27. The van der Waals surface area contributed by atoms with Crippen molar-refractivity contribution in [2.75, 3.05) is 13.6 Å². The number of rotatable bonds is 1. The van der Waals surface area contributed by atoms with Gasteiger partial charge in [-0.1, -0.05) is 0 Å². The average Bonchev–Trinajstić information content (AvgIpc) is 1.68. The molecule has 0 saturated carbocycles. The standard InChI is InChI=1S/C4H10N2O/c1-3-6-4(7)5-2/h3H2,1-2H3,(H2,5,6,7)/p-1. The van der Waals surface area contributed by atoms with E-state index >= 15 is 0 Å². The topological polar surface area (TPSA) is 47.5 Å². The van der Waals surface area contributed by atoms with Gasteiger partial charge in [-0.15, -0.1) is 0 Å². The average molecular weight is 101 g/mol. The molecule has 0 fully saturated rings. The van der Waals surface area contributed by atoms with E-state index in [1.807, 2.05) is 6.92 Å². The Hall–Kier alpha value is -0.730. The molecule has 3 heteroatoms. The van der Waals surface area contributed by atoms with Crippen molar-refractivity contribution in [2.45, 2.75) is 6.92 Å². The van der Waals surface area contributed by atoms with Crippen molar-refractivity contribution in [3.63, 3.8) is 0 Å². The fourth-order valence-corrected chi connectivity index (χ4v) is 0.223. The lowest BCUT2D eigenvalue weighted by atomic mass is 10.8. The molecule has 0 saturated heterocycles. The predicted molar refractivity (Wildman–Crippen MR) is 27.0 cm³/mol. The predicted octanol–water partition coefficient (Wildman–Crippen LogP) is -1.06. The summed E-state index contributed by atoms with van der Waals surface area (Å²) in [6.45, 7) is 2.37. The van der Waals surface area contributed by atoms with Crippen LogP contribution in [-0.4, -0.2) is 19.6 Å². The number of nitrogens with one attached hydrogen (secondary N) is 1.